The van der Waals surface area contributed by atoms with E-state index in [1.54, 1.807) is 0 Å². The van der Waals surface area contributed by atoms with Crippen LogP contribution < -0.4 is 14.8 Å². The van der Waals surface area contributed by atoms with E-state index in [4.69, 9.17) is 14.5 Å². The molecule has 0 saturated carbocycles. The van der Waals surface area contributed by atoms with E-state index in [0.29, 0.717) is 31.1 Å². The van der Waals surface area contributed by atoms with Crippen molar-refractivity contribution >= 4 is 33.5 Å². The van der Waals surface area contributed by atoms with Gasteiger partial charge in [-0.05, 0) is 96.1 Å². The van der Waals surface area contributed by atoms with Crippen LogP contribution in [0.1, 0.15) is 54.5 Å². The molecule has 1 aliphatic heterocycles. The summed E-state index contributed by atoms with van der Waals surface area (Å²) in [5, 5.41) is 3.82. The van der Waals surface area contributed by atoms with Gasteiger partial charge in [0.25, 0.3) is 0 Å². The molecule has 3 aromatic carbocycles. The zero-order valence-electron chi connectivity index (χ0n) is 20.4. The number of allylic oxidation sites excluding steroid dienone is 2. The third-order valence-corrected chi connectivity index (χ3v) is 7.34. The van der Waals surface area contributed by atoms with Crippen molar-refractivity contribution in [3.05, 3.63) is 93.5 Å². The predicted molar refractivity (Wildman–Crippen MR) is 148 cm³/mol. The van der Waals surface area contributed by atoms with Crippen LogP contribution in [-0.2, 0) is 0 Å². The van der Waals surface area contributed by atoms with Crippen LogP contribution in [0.2, 0.25) is 0 Å². The summed E-state index contributed by atoms with van der Waals surface area (Å²) in [5.41, 5.74) is 7.17. The molecule has 5 rings (SSSR count). The highest BCUT2D eigenvalue weighted by Gasteiger charge is 2.37. The van der Waals surface area contributed by atoms with Gasteiger partial charge in [-0.2, -0.15) is 0 Å². The van der Waals surface area contributed by atoms with Crippen LogP contribution >= 0.6 is 15.9 Å². The molecule has 0 unspecified atom stereocenters. The van der Waals surface area contributed by atoms with Gasteiger partial charge in [0.2, 0.25) is 0 Å². The van der Waals surface area contributed by atoms with Crippen LogP contribution in [0.15, 0.2) is 76.2 Å². The summed E-state index contributed by atoms with van der Waals surface area (Å²) < 4.78 is 12.4. The number of anilines is 1. The average molecular weight is 531 g/mol. The predicted octanol–water partition coefficient (Wildman–Crippen LogP) is 8.13. The maximum absolute atomic E-state index is 5.78. The highest BCUT2D eigenvalue weighted by Crippen LogP contribution is 2.50. The molecule has 0 aromatic heterocycles. The lowest BCUT2D eigenvalue weighted by Gasteiger charge is -2.37. The third-order valence-electron chi connectivity index (χ3n) is 6.75. The van der Waals surface area contributed by atoms with Crippen LogP contribution in [0.3, 0.4) is 0 Å². The Morgan fingerprint density at radius 1 is 1.03 bits per heavy atom. The SMILES string of the molecule is CCOc1cc(C=Nc2ccc([C@@H]3Nc4ccc(C)cc4[C@@H]4C=CC[C@H]43)cc2)cc(Br)c1OCC. The number of fused-ring (bicyclic) bond motifs is 3. The van der Waals surface area contributed by atoms with Crippen molar-refractivity contribution in [2.45, 2.75) is 39.2 Å². The highest BCUT2D eigenvalue weighted by molar-refractivity contribution is 9.10. The second-order valence-corrected chi connectivity index (χ2v) is 9.97. The molecule has 1 N–H and O–H groups in total. The number of hydrogen-bond donors (Lipinski definition) is 1. The van der Waals surface area contributed by atoms with Crippen molar-refractivity contribution in [1.29, 1.82) is 0 Å². The minimum Gasteiger partial charge on any atom is -0.490 e. The van der Waals surface area contributed by atoms with Crippen LogP contribution in [0.5, 0.6) is 11.5 Å². The monoisotopic (exact) mass is 530 g/mol. The van der Waals surface area contributed by atoms with Crippen LogP contribution in [-0.4, -0.2) is 19.4 Å². The summed E-state index contributed by atoms with van der Waals surface area (Å²) in [5.74, 6) is 2.47. The molecule has 0 saturated heterocycles. The van der Waals surface area contributed by atoms with Crippen molar-refractivity contribution in [3.8, 4) is 11.5 Å². The molecule has 35 heavy (non-hydrogen) atoms. The van der Waals surface area contributed by atoms with Crippen molar-refractivity contribution in [1.82, 2.24) is 0 Å². The number of aryl methyl sites for hydroxylation is 1. The molecule has 2 aliphatic rings. The second-order valence-electron chi connectivity index (χ2n) is 9.11. The number of halogens is 1. The molecule has 1 aliphatic carbocycles. The molecule has 180 valence electrons. The van der Waals surface area contributed by atoms with Gasteiger partial charge >= 0.3 is 0 Å². The Labute approximate surface area is 216 Å². The fraction of sp³-hybridized carbons (Fsp3) is 0.300. The number of ether oxygens (including phenoxy) is 2. The molecule has 4 nitrogen and oxygen atoms in total. The summed E-state index contributed by atoms with van der Waals surface area (Å²) in [4.78, 5) is 4.72. The Kier molecular flexibility index (Phi) is 6.96. The average Bonchev–Trinajstić information content (AvgIpc) is 3.35. The number of aliphatic imine (C=N–C) groups is 1. The summed E-state index contributed by atoms with van der Waals surface area (Å²) in [6.07, 6.45) is 7.70. The van der Waals surface area contributed by atoms with E-state index in [1.807, 2.05) is 32.2 Å². The van der Waals surface area contributed by atoms with Gasteiger partial charge in [0, 0.05) is 17.8 Å². The van der Waals surface area contributed by atoms with Crippen molar-refractivity contribution in [2.75, 3.05) is 18.5 Å². The lowest BCUT2D eigenvalue weighted by Crippen LogP contribution is -2.29. The Balaban J connectivity index is 1.36. The van der Waals surface area contributed by atoms with Crippen LogP contribution in [0, 0.1) is 12.8 Å². The largest absolute Gasteiger partial charge is 0.490 e. The molecular formula is C30H31BrN2O2. The van der Waals surface area contributed by atoms with Gasteiger partial charge in [-0.25, -0.2) is 0 Å². The van der Waals surface area contributed by atoms with Gasteiger partial charge in [0.15, 0.2) is 11.5 Å². The quantitative estimate of drug-likeness (QED) is 0.247. The topological polar surface area (TPSA) is 42.8 Å². The second kappa shape index (κ2) is 10.3. The molecular weight excluding hydrogens is 500 g/mol. The first-order chi connectivity index (χ1) is 17.1. The van der Waals surface area contributed by atoms with E-state index >= 15 is 0 Å². The van der Waals surface area contributed by atoms with Crippen molar-refractivity contribution in [3.63, 3.8) is 0 Å². The first-order valence-electron chi connectivity index (χ1n) is 12.3. The van der Waals surface area contributed by atoms with E-state index in [9.17, 15) is 0 Å². The standard InChI is InChI=1S/C30H31BrN2O2/c1-4-34-28-17-20(16-26(31)30(28)35-5-2)18-32-22-12-10-21(11-13-22)29-24-8-6-7-23(24)25-15-19(3)9-14-27(25)33-29/h6-7,9-18,23-24,29,33H,4-5,8H2,1-3H3/t23-,24-,29+/m1/s1. The summed E-state index contributed by atoms with van der Waals surface area (Å²) >= 11 is 3.61. The summed E-state index contributed by atoms with van der Waals surface area (Å²) in [6, 6.07) is 19.6. The van der Waals surface area contributed by atoms with Gasteiger partial charge in [-0.3, -0.25) is 4.99 Å². The minimum atomic E-state index is 0.291. The molecule has 3 atom stereocenters. The van der Waals surface area contributed by atoms with E-state index in [1.165, 1.54) is 22.4 Å². The molecule has 0 radical (unpaired) electrons. The maximum atomic E-state index is 5.78. The number of nitrogens with zero attached hydrogens (tertiary/aromatic N) is 1. The smallest absolute Gasteiger partial charge is 0.175 e. The van der Waals surface area contributed by atoms with Crippen molar-refractivity contribution in [2.24, 2.45) is 10.9 Å². The zero-order chi connectivity index (χ0) is 24.4. The van der Waals surface area contributed by atoms with Gasteiger partial charge in [0.05, 0.1) is 29.4 Å². The molecule has 3 aromatic rings. The summed E-state index contributed by atoms with van der Waals surface area (Å²) in [6.45, 7) is 7.26. The third kappa shape index (κ3) is 4.87. The Morgan fingerprint density at radius 3 is 2.60 bits per heavy atom. The first-order valence-corrected chi connectivity index (χ1v) is 13.1. The van der Waals surface area contributed by atoms with E-state index in [0.717, 1.165) is 33.6 Å². The normalized spacial score (nSPS) is 20.4. The lowest BCUT2D eigenvalue weighted by atomic mass is 9.76. The highest BCUT2D eigenvalue weighted by atomic mass is 79.9. The Hall–Kier alpha value is -3.05. The molecule has 1 heterocycles. The molecule has 0 bridgehead atoms. The number of hydrogen-bond acceptors (Lipinski definition) is 4. The first kappa shape index (κ1) is 23.7. The summed E-state index contributed by atoms with van der Waals surface area (Å²) in [7, 11) is 0. The van der Waals surface area contributed by atoms with Gasteiger partial charge in [0.1, 0.15) is 0 Å². The van der Waals surface area contributed by atoms with E-state index in [2.05, 4.69) is 82.8 Å². The zero-order valence-corrected chi connectivity index (χ0v) is 22.0. The molecule has 0 amide bonds. The fourth-order valence-electron chi connectivity index (χ4n) is 5.17. The lowest BCUT2D eigenvalue weighted by molar-refractivity contribution is 0.286. The van der Waals surface area contributed by atoms with Gasteiger partial charge in [-0.15, -0.1) is 0 Å². The fourth-order valence-corrected chi connectivity index (χ4v) is 5.74. The molecule has 0 fully saturated rings. The van der Waals surface area contributed by atoms with Gasteiger partial charge < -0.3 is 14.8 Å². The molecule has 5 heteroatoms. The maximum Gasteiger partial charge on any atom is 0.175 e. The Morgan fingerprint density at radius 2 is 1.83 bits per heavy atom. The number of benzene rings is 3. The Bertz CT molecular complexity index is 1270. The minimum absolute atomic E-state index is 0.291. The van der Waals surface area contributed by atoms with E-state index in [-0.39, 0.29) is 0 Å². The van der Waals surface area contributed by atoms with Crippen LogP contribution in [0.25, 0.3) is 0 Å². The van der Waals surface area contributed by atoms with Gasteiger partial charge in [-0.1, -0.05) is 42.0 Å². The number of rotatable bonds is 7. The number of nitrogens with one attached hydrogen (secondary N) is 1. The van der Waals surface area contributed by atoms with Crippen molar-refractivity contribution < 1.29 is 9.47 Å². The van der Waals surface area contributed by atoms with E-state index < -0.39 is 0 Å². The molecule has 0 spiro atoms. The van der Waals surface area contributed by atoms with Crippen LogP contribution in [0.4, 0.5) is 11.4 Å².